The second kappa shape index (κ2) is 4.48. The first-order valence-corrected chi connectivity index (χ1v) is 4.85. The van der Waals surface area contributed by atoms with Crippen molar-refractivity contribution in [3.05, 3.63) is 22.2 Å². The van der Waals surface area contributed by atoms with Crippen molar-refractivity contribution in [2.45, 2.75) is 12.8 Å². The number of halogens is 1. The summed E-state index contributed by atoms with van der Waals surface area (Å²) in [6.07, 6.45) is 1.47. The molecule has 4 heteroatoms. The molecule has 0 amide bonds. The standard InChI is InChI=1S/C9H12BrNO2/c10-7-4-6(2-1-3-11)9(13)8(12)5-7/h4-5,12-13H,1-3,11H2. The fourth-order valence-electron chi connectivity index (χ4n) is 1.12. The minimum atomic E-state index is -0.0959. The quantitative estimate of drug-likeness (QED) is 0.712. The molecule has 0 radical (unpaired) electrons. The zero-order chi connectivity index (χ0) is 9.84. The molecule has 72 valence electrons. The molecule has 1 aromatic rings. The van der Waals surface area contributed by atoms with E-state index >= 15 is 0 Å². The van der Waals surface area contributed by atoms with Crippen LogP contribution in [0, 0.1) is 0 Å². The number of phenolic OH excluding ortho intramolecular Hbond substituents is 2. The minimum Gasteiger partial charge on any atom is -0.504 e. The third kappa shape index (κ3) is 2.60. The van der Waals surface area contributed by atoms with Gasteiger partial charge in [-0.2, -0.15) is 0 Å². The maximum absolute atomic E-state index is 9.44. The first-order chi connectivity index (χ1) is 6.15. The predicted molar refractivity (Wildman–Crippen MR) is 54.8 cm³/mol. The lowest BCUT2D eigenvalue weighted by molar-refractivity contribution is 0.398. The highest BCUT2D eigenvalue weighted by Gasteiger charge is 2.07. The van der Waals surface area contributed by atoms with Crippen molar-refractivity contribution in [2.24, 2.45) is 5.73 Å². The summed E-state index contributed by atoms with van der Waals surface area (Å²) in [7, 11) is 0. The molecule has 1 rings (SSSR count). The fourth-order valence-corrected chi connectivity index (χ4v) is 1.62. The molecule has 0 spiro atoms. The van der Waals surface area contributed by atoms with E-state index in [0.717, 1.165) is 16.5 Å². The Bertz CT molecular complexity index is 302. The number of rotatable bonds is 3. The molecule has 0 unspecified atom stereocenters. The Hall–Kier alpha value is -0.740. The maximum Gasteiger partial charge on any atom is 0.160 e. The molecule has 0 heterocycles. The molecule has 0 aliphatic heterocycles. The van der Waals surface area contributed by atoms with E-state index in [0.29, 0.717) is 13.0 Å². The lowest BCUT2D eigenvalue weighted by Crippen LogP contribution is -2.00. The summed E-state index contributed by atoms with van der Waals surface area (Å²) in [5, 5.41) is 18.7. The first kappa shape index (κ1) is 10.3. The van der Waals surface area contributed by atoms with Crippen LogP contribution in [0.2, 0.25) is 0 Å². The number of hydrogen-bond acceptors (Lipinski definition) is 3. The van der Waals surface area contributed by atoms with Crippen molar-refractivity contribution in [1.82, 2.24) is 0 Å². The van der Waals surface area contributed by atoms with E-state index in [9.17, 15) is 10.2 Å². The van der Waals surface area contributed by atoms with Crippen LogP contribution >= 0.6 is 15.9 Å². The van der Waals surface area contributed by atoms with Crippen molar-refractivity contribution >= 4 is 15.9 Å². The Morgan fingerprint density at radius 2 is 2.00 bits per heavy atom. The number of aryl methyl sites for hydroxylation is 1. The van der Waals surface area contributed by atoms with Gasteiger partial charge in [-0.15, -0.1) is 0 Å². The zero-order valence-electron chi connectivity index (χ0n) is 7.13. The van der Waals surface area contributed by atoms with Crippen LogP contribution in [0.3, 0.4) is 0 Å². The molecular weight excluding hydrogens is 234 g/mol. The Morgan fingerprint density at radius 3 is 2.62 bits per heavy atom. The molecule has 0 aromatic heterocycles. The van der Waals surface area contributed by atoms with Crippen LogP contribution in [0.5, 0.6) is 11.5 Å². The average molecular weight is 246 g/mol. The molecule has 3 nitrogen and oxygen atoms in total. The monoisotopic (exact) mass is 245 g/mol. The number of hydrogen-bond donors (Lipinski definition) is 3. The van der Waals surface area contributed by atoms with Crippen molar-refractivity contribution in [2.75, 3.05) is 6.54 Å². The van der Waals surface area contributed by atoms with Crippen LogP contribution in [0.4, 0.5) is 0 Å². The van der Waals surface area contributed by atoms with E-state index in [-0.39, 0.29) is 11.5 Å². The highest BCUT2D eigenvalue weighted by molar-refractivity contribution is 9.10. The third-order valence-electron chi connectivity index (χ3n) is 1.78. The number of nitrogens with two attached hydrogens (primary N) is 1. The Morgan fingerprint density at radius 1 is 1.31 bits per heavy atom. The van der Waals surface area contributed by atoms with E-state index in [1.807, 2.05) is 0 Å². The smallest absolute Gasteiger partial charge is 0.160 e. The van der Waals surface area contributed by atoms with Crippen LogP contribution in [-0.4, -0.2) is 16.8 Å². The molecule has 0 fully saturated rings. The normalized spacial score (nSPS) is 10.3. The van der Waals surface area contributed by atoms with Crippen molar-refractivity contribution in [1.29, 1.82) is 0 Å². The number of phenols is 2. The van der Waals surface area contributed by atoms with Crippen LogP contribution in [0.15, 0.2) is 16.6 Å². The maximum atomic E-state index is 9.44. The van der Waals surface area contributed by atoms with Gasteiger partial charge in [0.05, 0.1) is 0 Å². The van der Waals surface area contributed by atoms with Gasteiger partial charge in [-0.3, -0.25) is 0 Å². The largest absolute Gasteiger partial charge is 0.504 e. The molecule has 0 saturated heterocycles. The van der Waals surface area contributed by atoms with Gasteiger partial charge < -0.3 is 15.9 Å². The van der Waals surface area contributed by atoms with E-state index < -0.39 is 0 Å². The van der Waals surface area contributed by atoms with Gasteiger partial charge in [0.25, 0.3) is 0 Å². The fraction of sp³-hybridized carbons (Fsp3) is 0.333. The summed E-state index contributed by atoms with van der Waals surface area (Å²) in [6.45, 7) is 0.576. The van der Waals surface area contributed by atoms with Gasteiger partial charge in [0.15, 0.2) is 11.5 Å². The Kier molecular flexibility index (Phi) is 3.57. The van der Waals surface area contributed by atoms with E-state index in [1.54, 1.807) is 6.07 Å². The van der Waals surface area contributed by atoms with Crippen LogP contribution in [-0.2, 0) is 6.42 Å². The van der Waals surface area contributed by atoms with Crippen molar-refractivity contribution < 1.29 is 10.2 Å². The molecule has 13 heavy (non-hydrogen) atoms. The molecule has 0 aliphatic carbocycles. The molecule has 0 atom stereocenters. The molecule has 0 saturated carbocycles. The number of benzene rings is 1. The Balaban J connectivity index is 2.92. The molecular formula is C9H12BrNO2. The van der Waals surface area contributed by atoms with Gasteiger partial charge in [0.2, 0.25) is 0 Å². The third-order valence-corrected chi connectivity index (χ3v) is 2.24. The summed E-state index contributed by atoms with van der Waals surface area (Å²) in [5.74, 6) is -0.141. The van der Waals surface area contributed by atoms with Crippen molar-refractivity contribution in [3.63, 3.8) is 0 Å². The van der Waals surface area contributed by atoms with Gasteiger partial charge in [0, 0.05) is 4.47 Å². The number of aromatic hydroxyl groups is 2. The van der Waals surface area contributed by atoms with E-state index in [2.05, 4.69) is 15.9 Å². The second-order valence-corrected chi connectivity index (χ2v) is 3.74. The van der Waals surface area contributed by atoms with Gasteiger partial charge in [-0.05, 0) is 37.1 Å². The highest BCUT2D eigenvalue weighted by Crippen LogP contribution is 2.33. The SMILES string of the molecule is NCCCc1cc(Br)cc(O)c1O. The Labute approximate surface area is 85.3 Å². The van der Waals surface area contributed by atoms with Crippen LogP contribution in [0.1, 0.15) is 12.0 Å². The summed E-state index contributed by atoms with van der Waals surface area (Å²) >= 11 is 3.24. The molecule has 0 aliphatic rings. The first-order valence-electron chi connectivity index (χ1n) is 4.05. The molecule has 1 aromatic carbocycles. The predicted octanol–water partition coefficient (Wildman–Crippen LogP) is 1.75. The summed E-state index contributed by atoms with van der Waals surface area (Å²) in [5.41, 5.74) is 6.07. The molecule has 4 N–H and O–H groups in total. The highest BCUT2D eigenvalue weighted by atomic mass is 79.9. The minimum absolute atomic E-state index is 0.0448. The van der Waals surface area contributed by atoms with Gasteiger partial charge >= 0.3 is 0 Å². The van der Waals surface area contributed by atoms with Crippen molar-refractivity contribution in [3.8, 4) is 11.5 Å². The van der Waals surface area contributed by atoms with Gasteiger partial charge in [-0.1, -0.05) is 15.9 Å². The lowest BCUT2D eigenvalue weighted by Gasteiger charge is -2.06. The zero-order valence-corrected chi connectivity index (χ0v) is 8.71. The van der Waals surface area contributed by atoms with Crippen LogP contribution < -0.4 is 5.73 Å². The van der Waals surface area contributed by atoms with E-state index in [1.165, 1.54) is 6.07 Å². The van der Waals surface area contributed by atoms with E-state index in [4.69, 9.17) is 5.73 Å². The topological polar surface area (TPSA) is 66.5 Å². The summed E-state index contributed by atoms with van der Waals surface area (Å²) in [4.78, 5) is 0. The van der Waals surface area contributed by atoms with Gasteiger partial charge in [-0.25, -0.2) is 0 Å². The summed E-state index contributed by atoms with van der Waals surface area (Å²) in [6, 6.07) is 3.24. The lowest BCUT2D eigenvalue weighted by atomic mass is 10.1. The molecule has 0 bridgehead atoms. The van der Waals surface area contributed by atoms with Crippen LogP contribution in [0.25, 0.3) is 0 Å². The van der Waals surface area contributed by atoms with Gasteiger partial charge in [0.1, 0.15) is 0 Å². The average Bonchev–Trinajstić information content (AvgIpc) is 2.09. The summed E-state index contributed by atoms with van der Waals surface area (Å²) < 4.78 is 0.759. The second-order valence-electron chi connectivity index (χ2n) is 2.82.